The molecule has 5 heteroatoms. The summed E-state index contributed by atoms with van der Waals surface area (Å²) in [6.07, 6.45) is -1.26. The van der Waals surface area contributed by atoms with Crippen molar-refractivity contribution in [1.29, 1.82) is 5.26 Å². The van der Waals surface area contributed by atoms with Crippen LogP contribution in [0.2, 0.25) is 0 Å². The molecule has 2 nitrogen and oxygen atoms in total. The molecule has 74 valence electrons. The lowest BCUT2D eigenvalue weighted by atomic mass is 10.1. The van der Waals surface area contributed by atoms with Crippen LogP contribution in [0.5, 0.6) is 0 Å². The number of nitriles is 1. The molecular formula is C9H7BrF2N2. The van der Waals surface area contributed by atoms with Crippen molar-refractivity contribution in [2.75, 3.05) is 0 Å². The van der Waals surface area contributed by atoms with E-state index >= 15 is 0 Å². The van der Waals surface area contributed by atoms with Gasteiger partial charge in [0, 0.05) is 17.1 Å². The third-order valence-corrected chi connectivity index (χ3v) is 2.33. The van der Waals surface area contributed by atoms with E-state index < -0.39 is 6.43 Å². The Bertz CT molecular complexity index is 360. The summed E-state index contributed by atoms with van der Waals surface area (Å²) < 4.78 is 24.6. The van der Waals surface area contributed by atoms with E-state index in [1.807, 2.05) is 6.07 Å². The smallest absolute Gasteiger partial charge is 0.259 e. The maximum atomic E-state index is 12.3. The zero-order chi connectivity index (χ0) is 10.6. The van der Waals surface area contributed by atoms with Crippen LogP contribution in [-0.2, 0) is 11.8 Å². The molecule has 1 rings (SSSR count). The van der Waals surface area contributed by atoms with E-state index in [0.29, 0.717) is 16.6 Å². The Labute approximate surface area is 88.7 Å². The van der Waals surface area contributed by atoms with E-state index in [4.69, 9.17) is 5.26 Å². The van der Waals surface area contributed by atoms with Crippen molar-refractivity contribution in [3.05, 3.63) is 29.1 Å². The van der Waals surface area contributed by atoms with E-state index in [9.17, 15) is 8.78 Å². The minimum absolute atomic E-state index is 0.110. The molecule has 0 atom stereocenters. The van der Waals surface area contributed by atoms with Gasteiger partial charge in [0.05, 0.1) is 18.2 Å². The molecule has 0 N–H and O–H groups in total. The second-order valence-corrected chi connectivity index (χ2v) is 3.20. The van der Waals surface area contributed by atoms with Gasteiger partial charge in [-0.3, -0.25) is 4.98 Å². The maximum absolute atomic E-state index is 12.3. The standard InChI is InChI=1S/C9H7BrF2N2/c10-4-6-3-7(9(11)12)5-14-8(6)1-2-13/h3,5,9H,1,4H2. The summed E-state index contributed by atoms with van der Waals surface area (Å²) in [7, 11) is 0. The third-order valence-electron chi connectivity index (χ3n) is 1.72. The largest absolute Gasteiger partial charge is 0.265 e. The molecule has 0 aliphatic rings. The Morgan fingerprint density at radius 1 is 1.57 bits per heavy atom. The molecule has 1 heterocycles. The van der Waals surface area contributed by atoms with Gasteiger partial charge in [-0.1, -0.05) is 15.9 Å². The van der Waals surface area contributed by atoms with Crippen LogP contribution in [-0.4, -0.2) is 4.98 Å². The molecule has 0 aliphatic carbocycles. The lowest BCUT2D eigenvalue weighted by Gasteiger charge is -2.05. The van der Waals surface area contributed by atoms with Crippen LogP contribution in [0.4, 0.5) is 8.78 Å². The van der Waals surface area contributed by atoms with Gasteiger partial charge in [-0.05, 0) is 11.6 Å². The van der Waals surface area contributed by atoms with Crippen LogP contribution >= 0.6 is 15.9 Å². The molecule has 0 fully saturated rings. The Hall–Kier alpha value is -1.02. The number of hydrogen-bond acceptors (Lipinski definition) is 2. The predicted molar refractivity (Wildman–Crippen MR) is 51.1 cm³/mol. The molecule has 0 aromatic carbocycles. The van der Waals surface area contributed by atoms with Crippen molar-refractivity contribution in [3.8, 4) is 6.07 Å². The second kappa shape index (κ2) is 5.01. The maximum Gasteiger partial charge on any atom is 0.265 e. The Balaban J connectivity index is 3.06. The molecule has 1 aromatic rings. The quantitative estimate of drug-likeness (QED) is 0.784. The minimum atomic E-state index is -2.52. The van der Waals surface area contributed by atoms with Gasteiger partial charge >= 0.3 is 0 Å². The highest BCUT2D eigenvalue weighted by Gasteiger charge is 2.10. The SMILES string of the molecule is N#CCc1ncc(C(F)F)cc1CBr. The van der Waals surface area contributed by atoms with Crippen molar-refractivity contribution in [3.63, 3.8) is 0 Å². The molecular weight excluding hydrogens is 254 g/mol. The van der Waals surface area contributed by atoms with Crippen molar-refractivity contribution in [2.45, 2.75) is 18.2 Å². The number of alkyl halides is 3. The van der Waals surface area contributed by atoms with Gasteiger partial charge in [0.1, 0.15) is 0 Å². The first-order valence-corrected chi connectivity index (χ1v) is 5.00. The molecule has 0 bridgehead atoms. The van der Waals surface area contributed by atoms with Gasteiger partial charge in [0.25, 0.3) is 6.43 Å². The predicted octanol–water partition coefficient (Wildman–Crippen LogP) is 2.98. The summed E-state index contributed by atoms with van der Waals surface area (Å²) in [6.45, 7) is 0. The first kappa shape index (κ1) is 11.1. The first-order chi connectivity index (χ1) is 6.69. The average Bonchev–Trinajstić information content (AvgIpc) is 2.18. The fourth-order valence-corrected chi connectivity index (χ4v) is 1.51. The van der Waals surface area contributed by atoms with Gasteiger partial charge in [-0.2, -0.15) is 5.26 Å². The summed E-state index contributed by atoms with van der Waals surface area (Å²) in [5.41, 5.74) is 1.08. The van der Waals surface area contributed by atoms with Crippen molar-refractivity contribution >= 4 is 15.9 Å². The molecule has 0 radical (unpaired) electrons. The molecule has 14 heavy (non-hydrogen) atoms. The van der Waals surface area contributed by atoms with Crippen LogP contribution in [0.25, 0.3) is 0 Å². The fourth-order valence-electron chi connectivity index (χ4n) is 1.03. The van der Waals surface area contributed by atoms with Gasteiger partial charge in [-0.15, -0.1) is 0 Å². The summed E-state index contributed by atoms with van der Waals surface area (Å²) >= 11 is 3.17. The summed E-state index contributed by atoms with van der Waals surface area (Å²) in [5, 5.41) is 8.89. The van der Waals surface area contributed by atoms with Gasteiger partial charge in [0.15, 0.2) is 0 Å². The molecule has 0 saturated carbocycles. The minimum Gasteiger partial charge on any atom is -0.259 e. The van der Waals surface area contributed by atoms with E-state index in [1.54, 1.807) is 0 Å². The summed E-state index contributed by atoms with van der Waals surface area (Å²) in [4.78, 5) is 3.83. The van der Waals surface area contributed by atoms with Crippen LogP contribution < -0.4 is 0 Å². The highest BCUT2D eigenvalue weighted by atomic mass is 79.9. The van der Waals surface area contributed by atoms with Crippen molar-refractivity contribution in [1.82, 2.24) is 4.98 Å². The van der Waals surface area contributed by atoms with Crippen molar-refractivity contribution in [2.24, 2.45) is 0 Å². The number of hydrogen-bond donors (Lipinski definition) is 0. The van der Waals surface area contributed by atoms with Gasteiger partial charge < -0.3 is 0 Å². The topological polar surface area (TPSA) is 36.7 Å². The molecule has 0 amide bonds. The third kappa shape index (κ3) is 2.48. The number of rotatable bonds is 3. The van der Waals surface area contributed by atoms with Crippen LogP contribution in [0.15, 0.2) is 12.3 Å². The average molecular weight is 261 g/mol. The van der Waals surface area contributed by atoms with E-state index in [-0.39, 0.29) is 12.0 Å². The Morgan fingerprint density at radius 3 is 2.79 bits per heavy atom. The van der Waals surface area contributed by atoms with Crippen LogP contribution in [0, 0.1) is 11.3 Å². The second-order valence-electron chi connectivity index (χ2n) is 2.64. The van der Waals surface area contributed by atoms with Gasteiger partial charge in [-0.25, -0.2) is 8.78 Å². The highest BCUT2D eigenvalue weighted by Crippen LogP contribution is 2.21. The zero-order valence-corrected chi connectivity index (χ0v) is 8.76. The summed E-state index contributed by atoms with van der Waals surface area (Å²) in [6, 6.07) is 3.31. The molecule has 0 saturated heterocycles. The number of aromatic nitrogens is 1. The monoisotopic (exact) mass is 260 g/mol. The highest BCUT2D eigenvalue weighted by molar-refractivity contribution is 9.08. The van der Waals surface area contributed by atoms with E-state index in [2.05, 4.69) is 20.9 Å². The molecule has 0 aliphatic heterocycles. The number of nitrogens with zero attached hydrogens (tertiary/aromatic N) is 2. The van der Waals surface area contributed by atoms with Gasteiger partial charge in [0.2, 0.25) is 0 Å². The van der Waals surface area contributed by atoms with E-state index in [1.165, 1.54) is 6.07 Å². The Kier molecular flexibility index (Phi) is 3.96. The lowest BCUT2D eigenvalue weighted by Crippen LogP contribution is -1.97. The van der Waals surface area contributed by atoms with Crippen molar-refractivity contribution < 1.29 is 8.78 Å². The molecule has 0 spiro atoms. The van der Waals surface area contributed by atoms with Crippen LogP contribution in [0.3, 0.4) is 0 Å². The number of halogens is 3. The molecule has 1 aromatic heterocycles. The fraction of sp³-hybridized carbons (Fsp3) is 0.333. The van der Waals surface area contributed by atoms with Crippen LogP contribution in [0.1, 0.15) is 23.2 Å². The first-order valence-electron chi connectivity index (χ1n) is 3.87. The molecule has 0 unspecified atom stereocenters. The lowest BCUT2D eigenvalue weighted by molar-refractivity contribution is 0.151. The summed E-state index contributed by atoms with van der Waals surface area (Å²) in [5.74, 6) is 0. The van der Waals surface area contributed by atoms with E-state index in [0.717, 1.165) is 6.20 Å². The Morgan fingerprint density at radius 2 is 2.29 bits per heavy atom. The zero-order valence-electron chi connectivity index (χ0n) is 7.17. The number of pyridine rings is 1. The normalized spacial score (nSPS) is 10.2.